The summed E-state index contributed by atoms with van der Waals surface area (Å²) in [6, 6.07) is 10.5. The highest BCUT2D eigenvalue weighted by Gasteiger charge is 2.12. The molecular formula is C15H14F2OS. The SMILES string of the molecule is Cc1ccc(F)cc1C(O)CSc1cccc(F)c1. The Kier molecular flexibility index (Phi) is 4.56. The zero-order chi connectivity index (χ0) is 13.8. The van der Waals surface area contributed by atoms with Crippen LogP contribution in [-0.4, -0.2) is 10.9 Å². The van der Waals surface area contributed by atoms with Gasteiger partial charge in [-0.05, 0) is 48.4 Å². The van der Waals surface area contributed by atoms with Crippen molar-refractivity contribution in [3.05, 3.63) is 65.2 Å². The van der Waals surface area contributed by atoms with Crippen molar-refractivity contribution in [2.45, 2.75) is 17.9 Å². The summed E-state index contributed by atoms with van der Waals surface area (Å²) in [5.74, 6) is -0.315. The number of benzene rings is 2. The summed E-state index contributed by atoms with van der Waals surface area (Å²) in [6.45, 7) is 1.82. The molecule has 1 unspecified atom stereocenters. The molecule has 0 spiro atoms. The maximum atomic E-state index is 13.2. The quantitative estimate of drug-likeness (QED) is 0.851. The van der Waals surface area contributed by atoms with Crippen LogP contribution < -0.4 is 0 Å². The van der Waals surface area contributed by atoms with Crippen LogP contribution in [0.3, 0.4) is 0 Å². The van der Waals surface area contributed by atoms with Crippen LogP contribution >= 0.6 is 11.8 Å². The van der Waals surface area contributed by atoms with Gasteiger partial charge in [0.15, 0.2) is 0 Å². The van der Waals surface area contributed by atoms with Gasteiger partial charge in [-0.15, -0.1) is 11.8 Å². The Labute approximate surface area is 115 Å². The summed E-state index contributed by atoms with van der Waals surface area (Å²) in [5, 5.41) is 10.1. The second kappa shape index (κ2) is 6.17. The van der Waals surface area contributed by atoms with Gasteiger partial charge in [0.05, 0.1) is 6.10 Å². The van der Waals surface area contributed by atoms with Gasteiger partial charge >= 0.3 is 0 Å². The fourth-order valence-electron chi connectivity index (χ4n) is 1.79. The molecule has 2 rings (SSSR count). The average molecular weight is 280 g/mol. The van der Waals surface area contributed by atoms with E-state index in [9.17, 15) is 13.9 Å². The first-order valence-corrected chi connectivity index (χ1v) is 6.87. The number of hydrogen-bond acceptors (Lipinski definition) is 2. The molecule has 4 heteroatoms. The molecule has 100 valence electrons. The summed E-state index contributed by atoms with van der Waals surface area (Å²) < 4.78 is 26.2. The maximum Gasteiger partial charge on any atom is 0.124 e. The lowest BCUT2D eigenvalue weighted by atomic mass is 10.0. The normalized spacial score (nSPS) is 12.4. The highest BCUT2D eigenvalue weighted by atomic mass is 32.2. The molecule has 1 nitrogen and oxygen atoms in total. The van der Waals surface area contributed by atoms with E-state index in [2.05, 4.69) is 0 Å². The fraction of sp³-hybridized carbons (Fsp3) is 0.200. The van der Waals surface area contributed by atoms with Crippen molar-refractivity contribution < 1.29 is 13.9 Å². The van der Waals surface area contributed by atoms with E-state index in [1.807, 2.05) is 6.92 Å². The number of rotatable bonds is 4. The minimum absolute atomic E-state index is 0.304. The van der Waals surface area contributed by atoms with E-state index in [1.54, 1.807) is 18.2 Å². The summed E-state index contributed by atoms with van der Waals surface area (Å²) >= 11 is 1.34. The minimum Gasteiger partial charge on any atom is -0.388 e. The Balaban J connectivity index is 2.05. The molecule has 0 aliphatic carbocycles. The van der Waals surface area contributed by atoms with Crippen molar-refractivity contribution in [1.82, 2.24) is 0 Å². The molecular weight excluding hydrogens is 266 g/mol. The zero-order valence-corrected chi connectivity index (χ0v) is 11.3. The van der Waals surface area contributed by atoms with E-state index in [0.29, 0.717) is 11.3 Å². The predicted octanol–water partition coefficient (Wildman–Crippen LogP) is 4.10. The zero-order valence-electron chi connectivity index (χ0n) is 10.4. The molecule has 0 aliphatic rings. The van der Waals surface area contributed by atoms with Crippen LogP contribution in [0.15, 0.2) is 47.4 Å². The summed E-state index contributed by atoms with van der Waals surface area (Å²) in [7, 11) is 0. The van der Waals surface area contributed by atoms with Crippen LogP contribution in [0.25, 0.3) is 0 Å². The highest BCUT2D eigenvalue weighted by Crippen LogP contribution is 2.27. The van der Waals surface area contributed by atoms with Crippen molar-refractivity contribution in [3.63, 3.8) is 0 Å². The fourth-order valence-corrected chi connectivity index (χ4v) is 2.69. The summed E-state index contributed by atoms with van der Waals surface area (Å²) in [6.07, 6.45) is -0.774. The van der Waals surface area contributed by atoms with Gasteiger partial charge < -0.3 is 5.11 Å². The van der Waals surface area contributed by atoms with Crippen LogP contribution in [0.2, 0.25) is 0 Å². The minimum atomic E-state index is -0.774. The third-order valence-corrected chi connectivity index (χ3v) is 3.87. The topological polar surface area (TPSA) is 20.2 Å². The van der Waals surface area contributed by atoms with Gasteiger partial charge in [0.25, 0.3) is 0 Å². The molecule has 1 N–H and O–H groups in total. The lowest BCUT2D eigenvalue weighted by Crippen LogP contribution is -2.03. The number of aryl methyl sites for hydroxylation is 1. The highest BCUT2D eigenvalue weighted by molar-refractivity contribution is 7.99. The van der Waals surface area contributed by atoms with Crippen molar-refractivity contribution in [2.75, 3.05) is 5.75 Å². The van der Waals surface area contributed by atoms with Crippen LogP contribution in [0.1, 0.15) is 17.2 Å². The lowest BCUT2D eigenvalue weighted by Gasteiger charge is -2.13. The lowest BCUT2D eigenvalue weighted by molar-refractivity contribution is 0.203. The molecule has 0 heterocycles. The van der Waals surface area contributed by atoms with Gasteiger partial charge in [0.2, 0.25) is 0 Å². The van der Waals surface area contributed by atoms with E-state index >= 15 is 0 Å². The third-order valence-electron chi connectivity index (χ3n) is 2.80. The molecule has 0 fully saturated rings. The molecule has 1 atom stereocenters. The molecule has 2 aromatic rings. The third kappa shape index (κ3) is 3.78. The number of aliphatic hydroxyl groups excluding tert-OH is 1. The van der Waals surface area contributed by atoms with Gasteiger partial charge in [-0.3, -0.25) is 0 Å². The standard InChI is InChI=1S/C15H14F2OS/c1-10-5-6-12(17)8-14(10)15(18)9-19-13-4-2-3-11(16)7-13/h2-8,15,18H,9H2,1H3. The Morgan fingerprint density at radius 3 is 2.58 bits per heavy atom. The van der Waals surface area contributed by atoms with Crippen molar-refractivity contribution in [2.24, 2.45) is 0 Å². The van der Waals surface area contributed by atoms with Crippen LogP contribution in [0, 0.1) is 18.6 Å². The molecule has 19 heavy (non-hydrogen) atoms. The van der Waals surface area contributed by atoms with Crippen LogP contribution in [-0.2, 0) is 0 Å². The van der Waals surface area contributed by atoms with Crippen molar-refractivity contribution >= 4 is 11.8 Å². The van der Waals surface area contributed by atoms with Gasteiger partial charge in [0.1, 0.15) is 11.6 Å². The number of hydrogen-bond donors (Lipinski definition) is 1. The van der Waals surface area contributed by atoms with E-state index < -0.39 is 6.10 Å². The Hall–Kier alpha value is -1.39. The van der Waals surface area contributed by atoms with E-state index in [1.165, 1.54) is 36.0 Å². The number of halogens is 2. The van der Waals surface area contributed by atoms with Crippen molar-refractivity contribution in [1.29, 1.82) is 0 Å². The first kappa shape index (κ1) is 14.0. The molecule has 0 aromatic heterocycles. The van der Waals surface area contributed by atoms with Gasteiger partial charge in [-0.25, -0.2) is 8.78 Å². The Bertz CT molecular complexity index is 572. The Morgan fingerprint density at radius 1 is 1.11 bits per heavy atom. The number of thioether (sulfide) groups is 1. The van der Waals surface area contributed by atoms with Crippen molar-refractivity contribution in [3.8, 4) is 0 Å². The second-order valence-electron chi connectivity index (χ2n) is 4.29. The molecule has 0 bridgehead atoms. The van der Waals surface area contributed by atoms with Gasteiger partial charge in [-0.1, -0.05) is 12.1 Å². The molecule has 0 saturated heterocycles. The molecule has 0 amide bonds. The maximum absolute atomic E-state index is 13.2. The number of aliphatic hydroxyl groups is 1. The van der Waals surface area contributed by atoms with E-state index in [0.717, 1.165) is 10.5 Å². The monoisotopic (exact) mass is 280 g/mol. The molecule has 0 aliphatic heterocycles. The largest absolute Gasteiger partial charge is 0.388 e. The molecule has 0 radical (unpaired) electrons. The first-order chi connectivity index (χ1) is 9.06. The first-order valence-electron chi connectivity index (χ1n) is 5.89. The molecule has 0 saturated carbocycles. The van der Waals surface area contributed by atoms with Crippen LogP contribution in [0.4, 0.5) is 8.78 Å². The summed E-state index contributed by atoms with van der Waals surface area (Å²) in [4.78, 5) is 0.744. The van der Waals surface area contributed by atoms with E-state index in [4.69, 9.17) is 0 Å². The predicted molar refractivity (Wildman–Crippen MR) is 73.2 cm³/mol. The van der Waals surface area contributed by atoms with Gasteiger partial charge in [0, 0.05) is 10.6 Å². The average Bonchev–Trinajstić information content (AvgIpc) is 2.39. The van der Waals surface area contributed by atoms with Crippen LogP contribution in [0.5, 0.6) is 0 Å². The van der Waals surface area contributed by atoms with E-state index in [-0.39, 0.29) is 11.6 Å². The molecule has 2 aromatic carbocycles. The van der Waals surface area contributed by atoms with Gasteiger partial charge in [-0.2, -0.15) is 0 Å². The Morgan fingerprint density at radius 2 is 1.84 bits per heavy atom. The summed E-state index contributed by atoms with van der Waals surface area (Å²) in [5.41, 5.74) is 1.41. The smallest absolute Gasteiger partial charge is 0.124 e. The second-order valence-corrected chi connectivity index (χ2v) is 5.38.